The molecule has 2 N–H and O–H groups in total. The van der Waals surface area contributed by atoms with Gasteiger partial charge in [-0.3, -0.25) is 4.79 Å². The van der Waals surface area contributed by atoms with Gasteiger partial charge in [0.15, 0.2) is 0 Å². The summed E-state index contributed by atoms with van der Waals surface area (Å²) in [4.78, 5) is 11.8. The zero-order valence-corrected chi connectivity index (χ0v) is 10.1. The summed E-state index contributed by atoms with van der Waals surface area (Å²) in [5.74, 6) is 0.207. The number of nitrogens with one attached hydrogen (secondary N) is 1. The van der Waals surface area contributed by atoms with Gasteiger partial charge in [0, 0.05) is 5.56 Å². The molecule has 0 radical (unpaired) electrons. The number of amides is 1. The lowest BCUT2D eigenvalue weighted by atomic mass is 10.0. The minimum absolute atomic E-state index is 0.0915. The van der Waals surface area contributed by atoms with E-state index in [-0.39, 0.29) is 12.5 Å². The molecule has 18 heavy (non-hydrogen) atoms. The van der Waals surface area contributed by atoms with Crippen molar-refractivity contribution >= 4 is 5.91 Å². The van der Waals surface area contributed by atoms with Gasteiger partial charge in [0.25, 0.3) is 5.91 Å². The summed E-state index contributed by atoms with van der Waals surface area (Å²) >= 11 is 0. The van der Waals surface area contributed by atoms with Crippen LogP contribution in [0.2, 0.25) is 0 Å². The van der Waals surface area contributed by atoms with Gasteiger partial charge in [0.05, 0.1) is 12.8 Å². The van der Waals surface area contributed by atoms with E-state index in [1.54, 1.807) is 43.3 Å². The molecular weight excluding hydrogens is 230 g/mol. The van der Waals surface area contributed by atoms with Crippen molar-refractivity contribution in [2.45, 2.75) is 12.5 Å². The molecule has 1 heterocycles. The fourth-order valence-electron chi connectivity index (χ4n) is 1.62. The van der Waals surface area contributed by atoms with E-state index in [4.69, 9.17) is 4.42 Å². The van der Waals surface area contributed by atoms with Crippen molar-refractivity contribution < 1.29 is 14.3 Å². The Bertz CT molecular complexity index is 503. The first kappa shape index (κ1) is 12.4. The molecule has 4 nitrogen and oxygen atoms in total. The Hall–Kier alpha value is -2.07. The summed E-state index contributed by atoms with van der Waals surface area (Å²) in [6, 6.07) is 12.2. The quantitative estimate of drug-likeness (QED) is 0.865. The number of carbonyl (C=O) groups is 1. The van der Waals surface area contributed by atoms with E-state index < -0.39 is 5.60 Å². The van der Waals surface area contributed by atoms with Crippen LogP contribution in [-0.2, 0) is 5.60 Å². The molecule has 1 aromatic heterocycles. The molecule has 1 atom stereocenters. The number of carbonyl (C=O) groups excluding carboxylic acids is 1. The summed E-state index contributed by atoms with van der Waals surface area (Å²) in [6.45, 7) is 1.69. The average Bonchev–Trinajstić information content (AvgIpc) is 2.92. The molecule has 94 valence electrons. The van der Waals surface area contributed by atoms with Crippen LogP contribution in [0.5, 0.6) is 0 Å². The maximum atomic E-state index is 11.8. The van der Waals surface area contributed by atoms with Crippen LogP contribution < -0.4 is 5.32 Å². The van der Waals surface area contributed by atoms with Crippen molar-refractivity contribution in [1.82, 2.24) is 5.32 Å². The number of benzene rings is 1. The van der Waals surface area contributed by atoms with Crippen LogP contribution in [0, 0.1) is 0 Å². The number of rotatable bonds is 4. The van der Waals surface area contributed by atoms with Crippen molar-refractivity contribution in [1.29, 1.82) is 0 Å². The van der Waals surface area contributed by atoms with Crippen molar-refractivity contribution in [3.63, 3.8) is 0 Å². The molecule has 0 aliphatic rings. The topological polar surface area (TPSA) is 62.5 Å². The summed E-state index contributed by atoms with van der Waals surface area (Å²) in [6.07, 6.45) is 1.49. The highest BCUT2D eigenvalue weighted by molar-refractivity contribution is 5.94. The number of hydrogen-bond acceptors (Lipinski definition) is 3. The van der Waals surface area contributed by atoms with Crippen LogP contribution in [-0.4, -0.2) is 17.6 Å². The van der Waals surface area contributed by atoms with Crippen LogP contribution in [0.15, 0.2) is 53.1 Å². The first-order valence-electron chi connectivity index (χ1n) is 5.69. The Morgan fingerprint density at radius 1 is 1.28 bits per heavy atom. The highest BCUT2D eigenvalue weighted by atomic mass is 16.4. The van der Waals surface area contributed by atoms with E-state index in [0.29, 0.717) is 11.3 Å². The number of furan rings is 1. The Balaban J connectivity index is 1.98. The van der Waals surface area contributed by atoms with Gasteiger partial charge < -0.3 is 14.8 Å². The average molecular weight is 245 g/mol. The Kier molecular flexibility index (Phi) is 3.48. The number of hydrogen-bond donors (Lipinski definition) is 2. The Morgan fingerprint density at radius 2 is 2.00 bits per heavy atom. The van der Waals surface area contributed by atoms with Crippen molar-refractivity contribution in [2.24, 2.45) is 0 Å². The smallest absolute Gasteiger partial charge is 0.251 e. The first-order chi connectivity index (χ1) is 8.59. The van der Waals surface area contributed by atoms with Gasteiger partial charge in [0.2, 0.25) is 0 Å². The first-order valence-corrected chi connectivity index (χ1v) is 5.69. The molecule has 0 saturated heterocycles. The fraction of sp³-hybridized carbons (Fsp3) is 0.214. The molecule has 0 aliphatic heterocycles. The van der Waals surface area contributed by atoms with Crippen molar-refractivity contribution in [3.8, 4) is 0 Å². The second-order valence-electron chi connectivity index (χ2n) is 4.30. The molecule has 2 aromatic rings. The van der Waals surface area contributed by atoms with E-state index >= 15 is 0 Å². The third kappa shape index (κ3) is 2.78. The van der Waals surface area contributed by atoms with Crippen LogP contribution in [0.25, 0.3) is 0 Å². The monoisotopic (exact) mass is 245 g/mol. The van der Waals surface area contributed by atoms with Gasteiger partial charge in [0.1, 0.15) is 11.4 Å². The zero-order chi connectivity index (χ0) is 13.0. The Morgan fingerprint density at radius 3 is 2.61 bits per heavy atom. The fourth-order valence-corrected chi connectivity index (χ4v) is 1.62. The molecule has 0 bridgehead atoms. The predicted octanol–water partition coefficient (Wildman–Crippen LogP) is 1.92. The highest BCUT2D eigenvalue weighted by Gasteiger charge is 2.26. The van der Waals surface area contributed by atoms with E-state index in [1.807, 2.05) is 6.07 Å². The molecular formula is C14H15NO3. The van der Waals surface area contributed by atoms with Gasteiger partial charge in [-0.05, 0) is 31.2 Å². The SMILES string of the molecule is CC(O)(CNC(=O)c1ccccc1)c1ccco1. The van der Waals surface area contributed by atoms with Gasteiger partial charge in [-0.1, -0.05) is 18.2 Å². The Labute approximate surface area is 105 Å². The maximum absolute atomic E-state index is 11.8. The van der Waals surface area contributed by atoms with Gasteiger partial charge in [-0.25, -0.2) is 0 Å². The lowest BCUT2D eigenvalue weighted by Crippen LogP contribution is -2.38. The van der Waals surface area contributed by atoms with E-state index in [9.17, 15) is 9.90 Å². The molecule has 0 saturated carbocycles. The predicted molar refractivity (Wildman–Crippen MR) is 67.1 cm³/mol. The van der Waals surface area contributed by atoms with Crippen molar-refractivity contribution in [3.05, 3.63) is 60.1 Å². The van der Waals surface area contributed by atoms with Gasteiger partial charge in [-0.2, -0.15) is 0 Å². The maximum Gasteiger partial charge on any atom is 0.251 e. The van der Waals surface area contributed by atoms with Gasteiger partial charge >= 0.3 is 0 Å². The second kappa shape index (κ2) is 5.06. The lowest BCUT2D eigenvalue weighted by Gasteiger charge is -2.21. The zero-order valence-electron chi connectivity index (χ0n) is 10.1. The molecule has 1 aromatic carbocycles. The van der Waals surface area contributed by atoms with E-state index in [2.05, 4.69) is 5.32 Å². The molecule has 1 unspecified atom stereocenters. The minimum atomic E-state index is -1.21. The second-order valence-corrected chi connectivity index (χ2v) is 4.30. The third-order valence-electron chi connectivity index (χ3n) is 2.68. The van der Waals surface area contributed by atoms with Crippen LogP contribution in [0.1, 0.15) is 23.0 Å². The standard InChI is InChI=1S/C14H15NO3/c1-14(17,12-8-5-9-18-12)10-15-13(16)11-6-3-2-4-7-11/h2-9,17H,10H2,1H3,(H,15,16). The van der Waals surface area contributed by atoms with E-state index in [0.717, 1.165) is 0 Å². The normalized spacial score (nSPS) is 13.9. The third-order valence-corrected chi connectivity index (χ3v) is 2.68. The minimum Gasteiger partial charge on any atom is -0.466 e. The molecule has 0 spiro atoms. The molecule has 1 amide bonds. The highest BCUT2D eigenvalue weighted by Crippen LogP contribution is 2.19. The van der Waals surface area contributed by atoms with Crippen LogP contribution in [0.4, 0.5) is 0 Å². The van der Waals surface area contributed by atoms with E-state index in [1.165, 1.54) is 6.26 Å². The van der Waals surface area contributed by atoms with Crippen LogP contribution in [0.3, 0.4) is 0 Å². The van der Waals surface area contributed by atoms with Crippen LogP contribution >= 0.6 is 0 Å². The summed E-state index contributed by atoms with van der Waals surface area (Å²) in [5, 5.41) is 12.8. The summed E-state index contributed by atoms with van der Waals surface area (Å²) in [5.41, 5.74) is -0.652. The van der Waals surface area contributed by atoms with Gasteiger partial charge in [-0.15, -0.1) is 0 Å². The van der Waals surface area contributed by atoms with Crippen molar-refractivity contribution in [2.75, 3.05) is 6.54 Å². The largest absolute Gasteiger partial charge is 0.466 e. The summed E-state index contributed by atoms with van der Waals surface area (Å²) in [7, 11) is 0. The molecule has 4 heteroatoms. The number of aliphatic hydroxyl groups is 1. The lowest BCUT2D eigenvalue weighted by molar-refractivity contribution is 0.0330. The molecule has 0 aliphatic carbocycles. The molecule has 2 rings (SSSR count). The molecule has 0 fully saturated rings. The summed E-state index contributed by atoms with van der Waals surface area (Å²) < 4.78 is 5.13.